The summed E-state index contributed by atoms with van der Waals surface area (Å²) in [6, 6.07) is 2.22. The standard InChI is InChI=1S/C7H5N5O4S2/c13-6(14)4-1-2-5(8-3-4)18(15,16)10-7-9-11-12-17-7/h1-3H,(H,13,14)(H,9,10,12). The number of sulfonamides is 1. The average molecular weight is 287 g/mol. The zero-order valence-electron chi connectivity index (χ0n) is 8.51. The lowest BCUT2D eigenvalue weighted by Crippen LogP contribution is -2.14. The Morgan fingerprint density at radius 3 is 2.67 bits per heavy atom. The van der Waals surface area contributed by atoms with Crippen molar-refractivity contribution in [3.05, 3.63) is 23.9 Å². The van der Waals surface area contributed by atoms with Crippen LogP contribution in [0.25, 0.3) is 0 Å². The van der Waals surface area contributed by atoms with Crippen molar-refractivity contribution in [3.8, 4) is 0 Å². The predicted octanol–water partition coefficient (Wildman–Crippen LogP) is -0.173. The van der Waals surface area contributed by atoms with Gasteiger partial charge in [0.15, 0.2) is 5.03 Å². The van der Waals surface area contributed by atoms with Crippen molar-refractivity contribution in [3.63, 3.8) is 0 Å². The van der Waals surface area contributed by atoms with Gasteiger partial charge in [0.05, 0.1) is 5.56 Å². The molecule has 2 N–H and O–H groups in total. The highest BCUT2D eigenvalue weighted by atomic mass is 32.2. The summed E-state index contributed by atoms with van der Waals surface area (Å²) < 4.78 is 29.0. The first-order valence-corrected chi connectivity index (χ1v) is 6.62. The van der Waals surface area contributed by atoms with Gasteiger partial charge in [-0.15, -0.1) is 0 Å². The Bertz CT molecular complexity index is 652. The SMILES string of the molecule is O=C(O)c1ccc(S(=O)(=O)Nc2nnns2)nc1. The van der Waals surface area contributed by atoms with Crippen LogP contribution in [0.1, 0.15) is 10.4 Å². The highest BCUT2D eigenvalue weighted by Gasteiger charge is 2.18. The van der Waals surface area contributed by atoms with Gasteiger partial charge in [-0.25, -0.2) is 9.78 Å². The van der Waals surface area contributed by atoms with E-state index in [0.717, 1.165) is 29.9 Å². The fourth-order valence-electron chi connectivity index (χ4n) is 1.01. The summed E-state index contributed by atoms with van der Waals surface area (Å²) in [4.78, 5) is 14.1. The van der Waals surface area contributed by atoms with Gasteiger partial charge < -0.3 is 5.11 Å². The van der Waals surface area contributed by atoms with Crippen LogP contribution in [0.5, 0.6) is 0 Å². The molecule has 94 valence electrons. The van der Waals surface area contributed by atoms with Crippen LogP contribution in [0.2, 0.25) is 0 Å². The van der Waals surface area contributed by atoms with Crippen molar-refractivity contribution in [2.24, 2.45) is 0 Å². The van der Waals surface area contributed by atoms with E-state index < -0.39 is 16.0 Å². The monoisotopic (exact) mass is 287 g/mol. The molecule has 0 saturated heterocycles. The summed E-state index contributed by atoms with van der Waals surface area (Å²) in [6.45, 7) is 0. The Kier molecular flexibility index (Phi) is 3.16. The number of aromatic nitrogens is 4. The lowest BCUT2D eigenvalue weighted by atomic mass is 10.3. The molecule has 0 amide bonds. The Balaban J connectivity index is 2.27. The molecular formula is C7H5N5O4S2. The molecular weight excluding hydrogens is 282 g/mol. The first-order valence-electron chi connectivity index (χ1n) is 4.36. The van der Waals surface area contributed by atoms with Gasteiger partial charge in [-0.05, 0) is 17.3 Å². The van der Waals surface area contributed by atoms with Crippen molar-refractivity contribution >= 4 is 32.7 Å². The first kappa shape index (κ1) is 12.3. The number of aromatic carboxylic acids is 1. The maximum atomic E-state index is 11.8. The number of rotatable bonds is 4. The van der Waals surface area contributed by atoms with Gasteiger partial charge in [-0.2, -0.15) is 8.42 Å². The fourth-order valence-corrected chi connectivity index (χ4v) is 2.52. The van der Waals surface area contributed by atoms with E-state index in [-0.39, 0.29) is 15.7 Å². The predicted molar refractivity (Wildman–Crippen MR) is 59.7 cm³/mol. The molecule has 0 bridgehead atoms. The van der Waals surface area contributed by atoms with E-state index in [1.165, 1.54) is 0 Å². The highest BCUT2D eigenvalue weighted by molar-refractivity contribution is 7.92. The Hall–Kier alpha value is -2.14. The van der Waals surface area contributed by atoms with Gasteiger partial charge >= 0.3 is 5.97 Å². The minimum Gasteiger partial charge on any atom is -0.478 e. The van der Waals surface area contributed by atoms with Crippen molar-refractivity contribution in [1.82, 2.24) is 19.8 Å². The van der Waals surface area contributed by atoms with Crippen LogP contribution >= 0.6 is 11.5 Å². The van der Waals surface area contributed by atoms with E-state index in [1.54, 1.807) is 0 Å². The second kappa shape index (κ2) is 4.62. The lowest BCUT2D eigenvalue weighted by molar-refractivity contribution is 0.0696. The molecule has 0 aliphatic carbocycles. The third-order valence-electron chi connectivity index (χ3n) is 1.78. The van der Waals surface area contributed by atoms with E-state index in [0.29, 0.717) is 0 Å². The minimum absolute atomic E-state index is 0.000823. The number of hydrogen-bond donors (Lipinski definition) is 2. The van der Waals surface area contributed by atoms with Crippen LogP contribution in [0.15, 0.2) is 23.4 Å². The molecule has 18 heavy (non-hydrogen) atoms. The summed E-state index contributed by atoms with van der Waals surface area (Å²) in [5.41, 5.74) is -0.105. The largest absolute Gasteiger partial charge is 0.478 e. The average Bonchev–Trinajstić information content (AvgIpc) is 2.81. The maximum Gasteiger partial charge on any atom is 0.337 e. The maximum absolute atomic E-state index is 11.8. The quantitative estimate of drug-likeness (QED) is 0.791. The van der Waals surface area contributed by atoms with Crippen LogP contribution in [0.4, 0.5) is 5.13 Å². The molecule has 0 aliphatic rings. The Morgan fingerprint density at radius 2 is 2.17 bits per heavy atom. The molecule has 0 spiro atoms. The number of hydrogen-bond acceptors (Lipinski definition) is 8. The van der Waals surface area contributed by atoms with Crippen molar-refractivity contribution in [2.45, 2.75) is 5.03 Å². The molecule has 2 aromatic rings. The number of carboxylic acids is 1. The van der Waals surface area contributed by atoms with Gasteiger partial charge in [-0.3, -0.25) is 4.72 Å². The number of nitrogens with one attached hydrogen (secondary N) is 1. The number of nitrogens with zero attached hydrogens (tertiary/aromatic N) is 4. The van der Waals surface area contributed by atoms with Gasteiger partial charge in [0.2, 0.25) is 5.13 Å². The topological polar surface area (TPSA) is 135 Å². The minimum atomic E-state index is -3.91. The van der Waals surface area contributed by atoms with E-state index >= 15 is 0 Å². The Labute approximate surface area is 105 Å². The number of carbonyl (C=O) groups is 1. The lowest BCUT2D eigenvalue weighted by Gasteiger charge is -2.03. The molecule has 0 unspecified atom stereocenters. The smallest absolute Gasteiger partial charge is 0.337 e. The van der Waals surface area contributed by atoms with Gasteiger partial charge in [0.25, 0.3) is 10.0 Å². The molecule has 11 heteroatoms. The molecule has 0 aromatic carbocycles. The van der Waals surface area contributed by atoms with Gasteiger partial charge in [0.1, 0.15) is 0 Å². The van der Waals surface area contributed by atoms with Crippen molar-refractivity contribution in [1.29, 1.82) is 0 Å². The Morgan fingerprint density at radius 1 is 1.39 bits per heavy atom. The summed E-state index contributed by atoms with van der Waals surface area (Å²) in [5.74, 6) is -1.19. The summed E-state index contributed by atoms with van der Waals surface area (Å²) in [7, 11) is -3.91. The first-order chi connectivity index (χ1) is 8.49. The molecule has 0 radical (unpaired) electrons. The highest BCUT2D eigenvalue weighted by Crippen LogP contribution is 2.13. The fraction of sp³-hybridized carbons (Fsp3) is 0. The third-order valence-corrected chi connectivity index (χ3v) is 3.67. The van der Waals surface area contributed by atoms with Crippen LogP contribution in [-0.4, -0.2) is 39.3 Å². The van der Waals surface area contributed by atoms with Crippen LogP contribution in [0, 0.1) is 0 Å². The van der Waals surface area contributed by atoms with E-state index in [1.807, 2.05) is 0 Å². The van der Waals surface area contributed by atoms with Crippen molar-refractivity contribution in [2.75, 3.05) is 4.72 Å². The molecule has 0 fully saturated rings. The molecule has 2 rings (SSSR count). The van der Waals surface area contributed by atoms with Crippen LogP contribution in [-0.2, 0) is 10.0 Å². The number of anilines is 1. The van der Waals surface area contributed by atoms with Gasteiger partial charge in [0, 0.05) is 17.7 Å². The second-order valence-electron chi connectivity index (χ2n) is 2.96. The summed E-state index contributed by atoms with van der Waals surface area (Å²) in [5, 5.41) is 15.0. The zero-order chi connectivity index (χ0) is 13.2. The van der Waals surface area contributed by atoms with E-state index in [2.05, 4.69) is 24.5 Å². The zero-order valence-corrected chi connectivity index (χ0v) is 10.1. The molecule has 2 heterocycles. The van der Waals surface area contributed by atoms with Crippen LogP contribution < -0.4 is 4.72 Å². The summed E-state index contributed by atoms with van der Waals surface area (Å²) >= 11 is 0.768. The van der Waals surface area contributed by atoms with E-state index in [4.69, 9.17) is 5.11 Å². The molecule has 0 aliphatic heterocycles. The third kappa shape index (κ3) is 2.57. The summed E-state index contributed by atoms with van der Waals surface area (Å²) in [6.07, 6.45) is 0.954. The molecule has 2 aromatic heterocycles. The second-order valence-corrected chi connectivity index (χ2v) is 5.33. The molecule has 9 nitrogen and oxygen atoms in total. The number of carboxylic acid groups (broad SMARTS) is 1. The number of pyridine rings is 1. The normalized spacial score (nSPS) is 11.1. The van der Waals surface area contributed by atoms with Crippen molar-refractivity contribution < 1.29 is 18.3 Å². The molecule has 0 atom stereocenters. The van der Waals surface area contributed by atoms with Gasteiger partial charge in [-0.1, -0.05) is 9.59 Å². The molecule has 0 saturated carbocycles. The van der Waals surface area contributed by atoms with Crippen LogP contribution in [0.3, 0.4) is 0 Å². The van der Waals surface area contributed by atoms with E-state index in [9.17, 15) is 13.2 Å².